The average molecular weight is 296 g/mol. The van der Waals surface area contributed by atoms with E-state index in [4.69, 9.17) is 18.9 Å². The third kappa shape index (κ3) is 4.41. The summed E-state index contributed by atoms with van der Waals surface area (Å²) in [5, 5.41) is 10.3. The zero-order chi connectivity index (χ0) is 15.1. The van der Waals surface area contributed by atoms with Crippen molar-refractivity contribution in [3.05, 3.63) is 29.3 Å². The molecule has 1 aromatic rings. The first kappa shape index (κ1) is 16.2. The molecule has 21 heavy (non-hydrogen) atoms. The molecule has 0 spiro atoms. The highest BCUT2D eigenvalue weighted by molar-refractivity contribution is 5.41. The Morgan fingerprint density at radius 3 is 2.76 bits per heavy atom. The number of aliphatic hydroxyl groups excluding tert-OH is 1. The molecule has 2 unspecified atom stereocenters. The minimum absolute atomic E-state index is 0.175. The van der Waals surface area contributed by atoms with Crippen LogP contribution in [0.5, 0.6) is 5.75 Å². The molecule has 0 saturated carbocycles. The lowest BCUT2D eigenvalue weighted by atomic mass is 10.1. The van der Waals surface area contributed by atoms with Crippen LogP contribution in [0.2, 0.25) is 0 Å². The molecule has 0 heterocycles. The van der Waals surface area contributed by atoms with Crippen LogP contribution in [0.25, 0.3) is 0 Å². The fourth-order valence-corrected chi connectivity index (χ4v) is 2.48. The zero-order valence-corrected chi connectivity index (χ0v) is 12.7. The van der Waals surface area contributed by atoms with Crippen molar-refractivity contribution in [3.63, 3.8) is 0 Å². The molecular formula is C16H24O5. The van der Waals surface area contributed by atoms with Crippen molar-refractivity contribution in [1.29, 1.82) is 0 Å². The molecule has 2 atom stereocenters. The van der Waals surface area contributed by atoms with Crippen molar-refractivity contribution in [2.75, 3.05) is 40.6 Å². The standard InChI is InChI=1S/C16H24O5/c1-18-8-9-20-6-3-7-21-15-10-12-4-5-13(19-2)11-14(12)16(15)17/h4-5,11,15-17H,3,6-10H2,1-2H3. The van der Waals surface area contributed by atoms with Crippen LogP contribution in [0.4, 0.5) is 0 Å². The van der Waals surface area contributed by atoms with Gasteiger partial charge in [-0.05, 0) is 29.7 Å². The predicted octanol–water partition coefficient (Wildman–Crippen LogP) is 1.72. The van der Waals surface area contributed by atoms with Crippen molar-refractivity contribution >= 4 is 0 Å². The Labute approximate surface area is 125 Å². The van der Waals surface area contributed by atoms with Crippen molar-refractivity contribution in [2.45, 2.75) is 25.0 Å². The normalized spacial score (nSPS) is 20.5. The van der Waals surface area contributed by atoms with E-state index < -0.39 is 6.10 Å². The number of fused-ring (bicyclic) bond motifs is 1. The van der Waals surface area contributed by atoms with E-state index in [1.807, 2.05) is 18.2 Å². The van der Waals surface area contributed by atoms with Crippen molar-refractivity contribution < 1.29 is 24.1 Å². The molecule has 5 heteroatoms. The summed E-state index contributed by atoms with van der Waals surface area (Å²) in [5.74, 6) is 0.764. The lowest BCUT2D eigenvalue weighted by molar-refractivity contribution is -0.0356. The summed E-state index contributed by atoms with van der Waals surface area (Å²) >= 11 is 0. The molecule has 0 aromatic heterocycles. The lowest BCUT2D eigenvalue weighted by Gasteiger charge is -2.16. The van der Waals surface area contributed by atoms with E-state index in [-0.39, 0.29) is 6.10 Å². The summed E-state index contributed by atoms with van der Waals surface area (Å²) in [6.45, 7) is 2.44. The van der Waals surface area contributed by atoms with E-state index >= 15 is 0 Å². The second-order valence-corrected chi connectivity index (χ2v) is 5.08. The van der Waals surface area contributed by atoms with Gasteiger partial charge in [0.1, 0.15) is 11.9 Å². The molecule has 5 nitrogen and oxygen atoms in total. The van der Waals surface area contributed by atoms with Crippen LogP contribution in [-0.2, 0) is 20.6 Å². The highest BCUT2D eigenvalue weighted by Gasteiger charge is 2.31. The first-order valence-corrected chi connectivity index (χ1v) is 7.29. The molecule has 0 fully saturated rings. The Kier molecular flexibility index (Phi) is 6.45. The number of ether oxygens (including phenoxy) is 4. The number of rotatable bonds is 9. The molecule has 0 saturated heterocycles. The van der Waals surface area contributed by atoms with Crippen molar-refractivity contribution in [1.82, 2.24) is 0 Å². The van der Waals surface area contributed by atoms with E-state index in [1.54, 1.807) is 14.2 Å². The number of hydrogen-bond acceptors (Lipinski definition) is 5. The molecular weight excluding hydrogens is 272 g/mol. The summed E-state index contributed by atoms with van der Waals surface area (Å²) in [7, 11) is 3.28. The minimum atomic E-state index is -0.579. The summed E-state index contributed by atoms with van der Waals surface area (Å²) in [4.78, 5) is 0. The molecule has 1 N–H and O–H groups in total. The van der Waals surface area contributed by atoms with Crippen LogP contribution < -0.4 is 4.74 Å². The van der Waals surface area contributed by atoms with Gasteiger partial charge in [-0.1, -0.05) is 6.07 Å². The summed E-state index contributed by atoms with van der Waals surface area (Å²) < 4.78 is 21.2. The summed E-state index contributed by atoms with van der Waals surface area (Å²) in [5.41, 5.74) is 2.04. The van der Waals surface area contributed by atoms with Crippen molar-refractivity contribution in [2.24, 2.45) is 0 Å². The SMILES string of the molecule is COCCOCCCOC1Cc2ccc(OC)cc2C1O. The van der Waals surface area contributed by atoms with Crippen LogP contribution in [0.3, 0.4) is 0 Å². The third-order valence-corrected chi connectivity index (χ3v) is 3.64. The molecule has 2 rings (SSSR count). The molecule has 1 aliphatic carbocycles. The number of methoxy groups -OCH3 is 2. The van der Waals surface area contributed by atoms with Crippen LogP contribution >= 0.6 is 0 Å². The number of hydrogen-bond donors (Lipinski definition) is 1. The Morgan fingerprint density at radius 2 is 2.00 bits per heavy atom. The number of benzene rings is 1. The van der Waals surface area contributed by atoms with E-state index in [0.717, 1.165) is 29.7 Å². The van der Waals surface area contributed by atoms with Gasteiger partial charge in [-0.15, -0.1) is 0 Å². The first-order valence-electron chi connectivity index (χ1n) is 7.29. The first-order chi connectivity index (χ1) is 10.3. The van der Waals surface area contributed by atoms with Gasteiger partial charge in [0.25, 0.3) is 0 Å². The van der Waals surface area contributed by atoms with E-state index in [2.05, 4.69) is 0 Å². The predicted molar refractivity (Wildman–Crippen MR) is 78.7 cm³/mol. The van der Waals surface area contributed by atoms with Gasteiger partial charge in [-0.2, -0.15) is 0 Å². The molecule has 118 valence electrons. The zero-order valence-electron chi connectivity index (χ0n) is 12.7. The number of aliphatic hydroxyl groups is 1. The van der Waals surface area contributed by atoms with E-state index in [1.165, 1.54) is 0 Å². The third-order valence-electron chi connectivity index (χ3n) is 3.64. The molecule has 1 aromatic carbocycles. The topological polar surface area (TPSA) is 57.2 Å². The molecule has 1 aliphatic rings. The van der Waals surface area contributed by atoms with E-state index in [9.17, 15) is 5.11 Å². The minimum Gasteiger partial charge on any atom is -0.497 e. The maximum atomic E-state index is 10.3. The Balaban J connectivity index is 1.72. The molecule has 0 amide bonds. The van der Waals surface area contributed by atoms with Gasteiger partial charge in [0.2, 0.25) is 0 Å². The van der Waals surface area contributed by atoms with Crippen LogP contribution in [0.15, 0.2) is 18.2 Å². The fourth-order valence-electron chi connectivity index (χ4n) is 2.48. The van der Waals surface area contributed by atoms with Gasteiger partial charge in [-0.25, -0.2) is 0 Å². The monoisotopic (exact) mass is 296 g/mol. The summed E-state index contributed by atoms with van der Waals surface area (Å²) in [6.07, 6.45) is 0.799. The van der Waals surface area contributed by atoms with Gasteiger partial charge < -0.3 is 24.1 Å². The second kappa shape index (κ2) is 8.34. The Hall–Kier alpha value is -1.14. The molecule has 0 bridgehead atoms. The molecule has 0 aliphatic heterocycles. The quantitative estimate of drug-likeness (QED) is 0.703. The molecule has 0 radical (unpaired) electrons. The van der Waals surface area contributed by atoms with Crippen molar-refractivity contribution in [3.8, 4) is 5.75 Å². The van der Waals surface area contributed by atoms with Crippen LogP contribution in [-0.4, -0.2) is 51.9 Å². The highest BCUT2D eigenvalue weighted by Crippen LogP contribution is 2.35. The maximum Gasteiger partial charge on any atom is 0.119 e. The van der Waals surface area contributed by atoms with Gasteiger partial charge >= 0.3 is 0 Å². The van der Waals surface area contributed by atoms with Crippen LogP contribution in [0.1, 0.15) is 23.7 Å². The fraction of sp³-hybridized carbons (Fsp3) is 0.625. The van der Waals surface area contributed by atoms with Crippen LogP contribution in [0, 0.1) is 0 Å². The Morgan fingerprint density at radius 1 is 1.14 bits per heavy atom. The van der Waals surface area contributed by atoms with Gasteiger partial charge in [-0.3, -0.25) is 0 Å². The summed E-state index contributed by atoms with van der Waals surface area (Å²) in [6, 6.07) is 5.80. The lowest BCUT2D eigenvalue weighted by Crippen LogP contribution is -2.19. The average Bonchev–Trinajstić information content (AvgIpc) is 2.82. The second-order valence-electron chi connectivity index (χ2n) is 5.08. The highest BCUT2D eigenvalue weighted by atomic mass is 16.5. The van der Waals surface area contributed by atoms with Gasteiger partial charge in [0.05, 0.1) is 26.4 Å². The Bertz CT molecular complexity index is 435. The van der Waals surface area contributed by atoms with Gasteiger partial charge in [0.15, 0.2) is 0 Å². The smallest absolute Gasteiger partial charge is 0.119 e. The maximum absolute atomic E-state index is 10.3. The largest absolute Gasteiger partial charge is 0.497 e. The van der Waals surface area contributed by atoms with E-state index in [0.29, 0.717) is 26.4 Å². The van der Waals surface area contributed by atoms with Gasteiger partial charge in [0, 0.05) is 26.7 Å².